The van der Waals surface area contributed by atoms with Crippen LogP contribution in [0.1, 0.15) is 79.7 Å². The average Bonchev–Trinajstić information content (AvgIpc) is 3.10. The molecule has 55 heavy (non-hydrogen) atoms. The molecule has 4 bridgehead atoms. The standard InChI is InChI=1S/C39H58ClN3O10S2/c1-23-14-13-15-30(50-11)39(48)22-29(51-36(47)41-39)25(3)53-38(6,7)31(21-33(45)43(9)27-19-26(18-23)20-28(49-10)34(27)40)52-35(46)24(2)42(8)32(44)16-17-37(4,5)55-54-12/h13-15,19-20,24-25,29-31,48H,16-18,21-22H2,1-12H3,(H,41,47)/b15-13+,23-14+/t24-,25?,29-,30+,31-,39-/m0/s1. The summed E-state index contributed by atoms with van der Waals surface area (Å²) >= 11 is 6.77. The molecule has 2 N–H and O–H groups in total. The van der Waals surface area contributed by atoms with Crippen LogP contribution in [0, 0.1) is 0 Å². The van der Waals surface area contributed by atoms with Gasteiger partial charge in [-0.15, -0.1) is 0 Å². The number of hydrogen-bond acceptors (Lipinski definition) is 12. The number of esters is 1. The fourth-order valence-electron chi connectivity index (χ4n) is 6.41. The summed E-state index contributed by atoms with van der Waals surface area (Å²) in [5, 5.41) is 14.4. The molecule has 6 atom stereocenters. The van der Waals surface area contributed by atoms with Gasteiger partial charge in [0.1, 0.15) is 40.7 Å². The Kier molecular flexibility index (Phi) is 16.4. The van der Waals surface area contributed by atoms with Gasteiger partial charge in [0, 0.05) is 38.8 Å². The normalized spacial score (nSPS) is 27.2. The van der Waals surface area contributed by atoms with Gasteiger partial charge >= 0.3 is 12.1 Å². The molecule has 16 heteroatoms. The first-order chi connectivity index (χ1) is 25.6. The number of halogens is 1. The van der Waals surface area contributed by atoms with Gasteiger partial charge in [-0.05, 0) is 85.3 Å². The van der Waals surface area contributed by atoms with Crippen molar-refractivity contribution in [1.29, 1.82) is 0 Å². The first kappa shape index (κ1) is 46.4. The summed E-state index contributed by atoms with van der Waals surface area (Å²) in [5.41, 5.74) is -1.14. The van der Waals surface area contributed by atoms with Crippen LogP contribution >= 0.6 is 33.2 Å². The molecule has 3 rings (SSSR count). The molecule has 0 aliphatic carbocycles. The van der Waals surface area contributed by atoms with Crippen molar-refractivity contribution in [2.24, 2.45) is 0 Å². The van der Waals surface area contributed by atoms with Crippen LogP contribution in [0.25, 0.3) is 0 Å². The fraction of sp³-hybridized carbons (Fsp3) is 0.641. The number of alkyl carbamates (subject to hydrolysis) is 1. The third-order valence-electron chi connectivity index (χ3n) is 9.97. The van der Waals surface area contributed by atoms with Crippen molar-refractivity contribution in [1.82, 2.24) is 10.2 Å². The van der Waals surface area contributed by atoms with Crippen molar-refractivity contribution in [2.45, 2.75) is 127 Å². The van der Waals surface area contributed by atoms with Crippen molar-refractivity contribution in [3.05, 3.63) is 46.5 Å². The molecule has 1 aromatic rings. The zero-order chi connectivity index (χ0) is 41.5. The molecule has 0 saturated carbocycles. The number of aliphatic hydroxyl groups is 1. The quantitative estimate of drug-likeness (QED) is 0.196. The van der Waals surface area contributed by atoms with E-state index in [1.165, 1.54) is 24.0 Å². The van der Waals surface area contributed by atoms with Gasteiger partial charge in [-0.3, -0.25) is 14.9 Å². The van der Waals surface area contributed by atoms with Crippen LogP contribution in [0.15, 0.2) is 35.9 Å². The highest BCUT2D eigenvalue weighted by atomic mass is 35.5. The molecule has 0 radical (unpaired) electrons. The van der Waals surface area contributed by atoms with Gasteiger partial charge in [0.25, 0.3) is 0 Å². The van der Waals surface area contributed by atoms with E-state index < -0.39 is 59.8 Å². The van der Waals surface area contributed by atoms with Gasteiger partial charge in [-0.25, -0.2) is 9.59 Å². The summed E-state index contributed by atoms with van der Waals surface area (Å²) in [6, 6.07) is 2.59. The monoisotopic (exact) mass is 827 g/mol. The third kappa shape index (κ3) is 12.3. The summed E-state index contributed by atoms with van der Waals surface area (Å²) in [5.74, 6) is -1.05. The predicted octanol–water partition coefficient (Wildman–Crippen LogP) is 6.47. The first-order valence-corrected chi connectivity index (χ1v) is 21.1. The number of carbonyl (C=O) groups is 4. The molecule has 13 nitrogen and oxygen atoms in total. The zero-order valence-corrected chi connectivity index (χ0v) is 36.4. The van der Waals surface area contributed by atoms with Crippen LogP contribution in [0.2, 0.25) is 5.02 Å². The maximum Gasteiger partial charge on any atom is 0.409 e. The number of allylic oxidation sites excluding steroid dienone is 3. The minimum Gasteiger partial charge on any atom is -0.495 e. The largest absolute Gasteiger partial charge is 0.495 e. The highest BCUT2D eigenvalue weighted by Crippen LogP contribution is 2.39. The third-order valence-corrected chi connectivity index (χ3v) is 13.0. The van der Waals surface area contributed by atoms with Crippen LogP contribution in [-0.2, 0) is 39.8 Å². The maximum atomic E-state index is 14.2. The van der Waals surface area contributed by atoms with E-state index >= 15 is 0 Å². The van der Waals surface area contributed by atoms with Crippen molar-refractivity contribution >= 4 is 62.8 Å². The molecule has 1 aromatic carbocycles. The molecule has 1 fully saturated rings. The van der Waals surface area contributed by atoms with E-state index in [1.807, 2.05) is 19.3 Å². The average molecular weight is 828 g/mol. The number of benzene rings is 1. The summed E-state index contributed by atoms with van der Waals surface area (Å²) < 4.78 is 29.2. The summed E-state index contributed by atoms with van der Waals surface area (Å²) in [7, 11) is 9.34. The molecule has 1 saturated heterocycles. The molecule has 308 valence electrons. The molecule has 0 spiro atoms. The van der Waals surface area contributed by atoms with E-state index in [2.05, 4.69) is 19.2 Å². The lowest BCUT2D eigenvalue weighted by atomic mass is 9.93. The van der Waals surface area contributed by atoms with Crippen molar-refractivity contribution in [3.63, 3.8) is 0 Å². The van der Waals surface area contributed by atoms with E-state index in [1.54, 1.807) is 87.7 Å². The number of rotatable bonds is 10. The maximum absolute atomic E-state index is 14.2. The number of anilines is 1. The Labute approximate surface area is 338 Å². The van der Waals surface area contributed by atoms with Gasteiger partial charge in [0.2, 0.25) is 11.8 Å². The molecule has 2 aliphatic heterocycles. The molecule has 1 unspecified atom stereocenters. The van der Waals surface area contributed by atoms with Crippen LogP contribution in [0.3, 0.4) is 0 Å². The number of methoxy groups -OCH3 is 2. The van der Waals surface area contributed by atoms with Gasteiger partial charge in [-0.2, -0.15) is 0 Å². The van der Waals surface area contributed by atoms with Crippen LogP contribution in [0.4, 0.5) is 10.5 Å². The van der Waals surface area contributed by atoms with E-state index in [0.717, 1.165) is 11.1 Å². The summed E-state index contributed by atoms with van der Waals surface area (Å²) in [6.45, 7) is 12.6. The first-order valence-electron chi connectivity index (χ1n) is 18.1. The molecular weight excluding hydrogens is 770 g/mol. The smallest absolute Gasteiger partial charge is 0.409 e. The van der Waals surface area contributed by atoms with Crippen LogP contribution < -0.4 is 15.0 Å². The number of likely N-dealkylation sites (N-methyl/N-ethyl adjacent to an activating group) is 1. The van der Waals surface area contributed by atoms with Crippen molar-refractivity contribution < 1.29 is 48.0 Å². The lowest BCUT2D eigenvalue weighted by molar-refractivity contribution is -0.203. The minimum atomic E-state index is -1.86. The molecular formula is C39H58ClN3O10S2. The second-order valence-electron chi connectivity index (χ2n) is 15.3. The lowest BCUT2D eigenvalue weighted by Crippen LogP contribution is -2.64. The Morgan fingerprint density at radius 1 is 1.24 bits per heavy atom. The number of carbonyl (C=O) groups excluding carboxylic acids is 4. The minimum absolute atomic E-state index is 0.117. The van der Waals surface area contributed by atoms with E-state index in [-0.39, 0.29) is 34.9 Å². The summed E-state index contributed by atoms with van der Waals surface area (Å²) in [6.07, 6.45) is 3.15. The molecule has 2 heterocycles. The number of hydrogen-bond donors (Lipinski definition) is 2. The number of ether oxygens (including phenoxy) is 5. The number of fused-ring (bicyclic) bond motifs is 4. The molecule has 3 amide bonds. The van der Waals surface area contributed by atoms with Crippen molar-refractivity contribution in [3.8, 4) is 5.75 Å². The Bertz CT molecular complexity index is 1620. The van der Waals surface area contributed by atoms with Crippen LogP contribution in [0.5, 0.6) is 5.75 Å². The Hall–Kier alpha value is -2.95. The summed E-state index contributed by atoms with van der Waals surface area (Å²) in [4.78, 5) is 56.8. The molecule has 2 aliphatic rings. The second kappa shape index (κ2) is 19.5. The Morgan fingerprint density at radius 2 is 1.91 bits per heavy atom. The van der Waals surface area contributed by atoms with Gasteiger partial charge in [0.15, 0.2) is 5.72 Å². The van der Waals surface area contributed by atoms with Gasteiger partial charge in [0.05, 0.1) is 25.3 Å². The topological polar surface area (TPSA) is 153 Å². The van der Waals surface area contributed by atoms with Crippen LogP contribution in [-0.4, -0.2) is 115 Å². The molecule has 0 aromatic heterocycles. The van der Waals surface area contributed by atoms with E-state index in [0.29, 0.717) is 24.3 Å². The van der Waals surface area contributed by atoms with E-state index in [4.69, 9.17) is 35.3 Å². The van der Waals surface area contributed by atoms with Gasteiger partial charge in [-0.1, -0.05) is 57.0 Å². The zero-order valence-electron chi connectivity index (χ0n) is 34.0. The van der Waals surface area contributed by atoms with Crippen molar-refractivity contribution in [2.75, 3.05) is 39.5 Å². The predicted molar refractivity (Wildman–Crippen MR) is 218 cm³/mol. The number of amides is 3. The number of nitrogens with zero attached hydrogens (tertiary/aromatic N) is 2. The SMILES string of the molecule is COc1cc2cc(c1Cl)N(C)C(=O)C[C@H](OC(=O)[C@H](C)N(C)C(=O)CCC(C)(C)SSC)C(C)(C)OC(C)[C@@H]1C[C@@](O)(NC(=O)O1)[C@H](OC)/C=C/C=C(\C)C2. The van der Waals surface area contributed by atoms with Gasteiger partial charge < -0.3 is 38.6 Å². The lowest BCUT2D eigenvalue weighted by Gasteiger charge is -2.44. The highest BCUT2D eigenvalue weighted by Gasteiger charge is 2.48. The fourth-order valence-corrected chi connectivity index (χ4v) is 8.97. The van der Waals surface area contributed by atoms with E-state index in [9.17, 15) is 24.3 Å². The second-order valence-corrected chi connectivity index (χ2v) is 18.7. The Morgan fingerprint density at radius 3 is 2.53 bits per heavy atom. The number of nitrogens with one attached hydrogen (secondary N) is 1. The highest BCUT2D eigenvalue weighted by molar-refractivity contribution is 8.76. The Balaban J connectivity index is 2.06.